The number of rotatable bonds is 2. The normalized spacial score (nSPS) is 17.1. The minimum atomic E-state index is -0.636. The average molecular weight is 446 g/mol. The number of hydrogen-bond acceptors (Lipinski definition) is 5. The summed E-state index contributed by atoms with van der Waals surface area (Å²) in [7, 11) is 0. The van der Waals surface area contributed by atoms with Crippen LogP contribution in [0.15, 0.2) is 27.8 Å². The predicted molar refractivity (Wildman–Crippen MR) is 115 cm³/mol. The fourth-order valence-electron chi connectivity index (χ4n) is 3.98. The van der Waals surface area contributed by atoms with E-state index in [0.717, 1.165) is 30.3 Å². The maximum absolute atomic E-state index is 12.1. The van der Waals surface area contributed by atoms with Crippen molar-refractivity contribution >= 4 is 45.1 Å². The molecule has 1 fully saturated rings. The average Bonchev–Trinajstić information content (AvgIpc) is 3.06. The number of nitrogens with zero attached hydrogens (tertiary/aromatic N) is 3. The van der Waals surface area contributed by atoms with Crippen LogP contribution in [0.4, 0.5) is 0 Å². The summed E-state index contributed by atoms with van der Waals surface area (Å²) in [6, 6.07) is 5.39. The molecule has 0 aliphatic carbocycles. The van der Waals surface area contributed by atoms with Gasteiger partial charge in [-0.3, -0.25) is 14.8 Å². The van der Waals surface area contributed by atoms with Gasteiger partial charge >= 0.3 is 5.69 Å². The molecule has 30 heavy (non-hydrogen) atoms. The third kappa shape index (κ3) is 3.03. The van der Waals surface area contributed by atoms with Gasteiger partial charge in [-0.05, 0) is 43.9 Å². The molecule has 4 aromatic rings. The maximum Gasteiger partial charge on any atom is 0.327 e. The third-order valence-corrected chi connectivity index (χ3v) is 5.94. The number of H-pyrrole nitrogens is 2. The molecule has 1 atom stereocenters. The molecule has 1 aromatic carbocycles. The van der Waals surface area contributed by atoms with Gasteiger partial charge in [0, 0.05) is 17.6 Å². The van der Waals surface area contributed by atoms with Crippen LogP contribution in [0.3, 0.4) is 0 Å². The fourth-order valence-corrected chi connectivity index (χ4v) is 4.50. The van der Waals surface area contributed by atoms with Crippen molar-refractivity contribution in [2.45, 2.75) is 32.4 Å². The van der Waals surface area contributed by atoms with Crippen molar-refractivity contribution in [2.24, 2.45) is 0 Å². The molecule has 3 aromatic heterocycles. The number of halogens is 2. The van der Waals surface area contributed by atoms with Crippen molar-refractivity contribution in [2.75, 3.05) is 6.61 Å². The van der Waals surface area contributed by atoms with Crippen LogP contribution < -0.4 is 11.2 Å². The first-order valence-corrected chi connectivity index (χ1v) is 10.3. The van der Waals surface area contributed by atoms with Crippen LogP contribution in [0.1, 0.15) is 31.1 Å². The van der Waals surface area contributed by atoms with Gasteiger partial charge in [0.2, 0.25) is 0 Å². The monoisotopic (exact) mass is 445 g/mol. The van der Waals surface area contributed by atoms with Crippen molar-refractivity contribution in [1.82, 2.24) is 24.7 Å². The fraction of sp³-hybridized carbons (Fsp3) is 0.300. The van der Waals surface area contributed by atoms with Gasteiger partial charge in [-0.15, -0.1) is 0 Å². The number of ether oxygens (including phenoxy) is 1. The highest BCUT2D eigenvalue weighted by molar-refractivity contribution is 6.37. The van der Waals surface area contributed by atoms with Gasteiger partial charge in [0.15, 0.2) is 11.4 Å². The number of aryl methyl sites for hydroxylation is 1. The summed E-state index contributed by atoms with van der Waals surface area (Å²) in [6.07, 6.45) is 2.76. The molecule has 0 bridgehead atoms. The summed E-state index contributed by atoms with van der Waals surface area (Å²) in [5, 5.41) is 6.02. The zero-order valence-electron chi connectivity index (χ0n) is 16.0. The second-order valence-corrected chi connectivity index (χ2v) is 8.10. The topological polar surface area (TPSA) is 106 Å². The summed E-state index contributed by atoms with van der Waals surface area (Å²) in [5.41, 5.74) is 1.78. The van der Waals surface area contributed by atoms with E-state index < -0.39 is 11.2 Å². The van der Waals surface area contributed by atoms with E-state index in [0.29, 0.717) is 28.4 Å². The second kappa shape index (κ2) is 7.23. The maximum atomic E-state index is 12.1. The van der Waals surface area contributed by atoms with Gasteiger partial charge in [0.25, 0.3) is 5.56 Å². The summed E-state index contributed by atoms with van der Waals surface area (Å²) in [4.78, 5) is 33.0. The lowest BCUT2D eigenvalue weighted by Crippen LogP contribution is -2.22. The van der Waals surface area contributed by atoms with Crippen molar-refractivity contribution < 1.29 is 4.74 Å². The number of fused-ring (bicyclic) bond motifs is 2. The van der Waals surface area contributed by atoms with Crippen LogP contribution in [0, 0.1) is 6.92 Å². The number of aromatic amines is 2. The third-order valence-electron chi connectivity index (χ3n) is 5.39. The first kappa shape index (κ1) is 19.3. The van der Waals surface area contributed by atoms with Gasteiger partial charge in [0.05, 0.1) is 21.6 Å². The molecule has 0 saturated carbocycles. The molecule has 0 amide bonds. The first-order chi connectivity index (χ1) is 14.4. The van der Waals surface area contributed by atoms with Crippen LogP contribution in [0.5, 0.6) is 0 Å². The highest BCUT2D eigenvalue weighted by Crippen LogP contribution is 2.40. The molecule has 5 rings (SSSR count). The molecule has 1 aliphatic heterocycles. The Morgan fingerprint density at radius 2 is 2.03 bits per heavy atom. The van der Waals surface area contributed by atoms with Crippen LogP contribution in [0.25, 0.3) is 33.2 Å². The Hall–Kier alpha value is -2.68. The van der Waals surface area contributed by atoms with E-state index in [4.69, 9.17) is 27.9 Å². The van der Waals surface area contributed by atoms with E-state index >= 15 is 0 Å². The summed E-state index contributed by atoms with van der Waals surface area (Å²) in [6.45, 7) is 2.60. The van der Waals surface area contributed by atoms with E-state index in [1.165, 1.54) is 6.07 Å². The summed E-state index contributed by atoms with van der Waals surface area (Å²) >= 11 is 13.1. The molecule has 0 spiro atoms. The molecule has 4 heterocycles. The van der Waals surface area contributed by atoms with Crippen LogP contribution in [0.2, 0.25) is 10.2 Å². The van der Waals surface area contributed by atoms with Crippen LogP contribution in [-0.4, -0.2) is 31.3 Å². The van der Waals surface area contributed by atoms with Crippen LogP contribution in [-0.2, 0) is 4.74 Å². The largest absolute Gasteiger partial charge is 0.356 e. The van der Waals surface area contributed by atoms with E-state index in [9.17, 15) is 9.59 Å². The summed E-state index contributed by atoms with van der Waals surface area (Å²) in [5.74, 6) is 0. The second-order valence-electron chi connectivity index (χ2n) is 7.33. The number of pyridine rings is 1. The zero-order valence-corrected chi connectivity index (χ0v) is 17.5. The Bertz CT molecular complexity index is 1420. The van der Waals surface area contributed by atoms with Crippen molar-refractivity contribution in [1.29, 1.82) is 0 Å². The molecule has 10 heteroatoms. The van der Waals surface area contributed by atoms with Gasteiger partial charge in [-0.1, -0.05) is 29.3 Å². The van der Waals surface area contributed by atoms with Gasteiger partial charge < -0.3 is 4.74 Å². The van der Waals surface area contributed by atoms with Gasteiger partial charge in [0.1, 0.15) is 5.65 Å². The smallest absolute Gasteiger partial charge is 0.327 e. The van der Waals surface area contributed by atoms with Gasteiger partial charge in [-0.25, -0.2) is 14.5 Å². The Labute approximate surface area is 179 Å². The Morgan fingerprint density at radius 3 is 2.80 bits per heavy atom. The standard InChI is InChI=1S/C20H17Cl2N5O3/c1-9-5-6-12-15(17(22)26-27(12)13-4-2-3-7-30-13)14(9)16-11(21)8-10-18(23-16)24-20(29)25-19(10)28/h5-6,8,13H,2-4,7H2,1H3,(H2,23,24,25,28,29). The molecule has 2 N–H and O–H groups in total. The first-order valence-electron chi connectivity index (χ1n) is 9.56. The van der Waals surface area contributed by atoms with E-state index in [2.05, 4.69) is 20.1 Å². The number of hydrogen-bond donors (Lipinski definition) is 2. The number of nitrogens with one attached hydrogen (secondary N) is 2. The van der Waals surface area contributed by atoms with Crippen molar-refractivity contribution in [3.8, 4) is 11.3 Å². The van der Waals surface area contributed by atoms with E-state index in [1.54, 1.807) is 4.68 Å². The van der Waals surface area contributed by atoms with Crippen LogP contribution >= 0.6 is 23.2 Å². The molecular weight excluding hydrogens is 429 g/mol. The highest BCUT2D eigenvalue weighted by Gasteiger charge is 2.24. The van der Waals surface area contributed by atoms with E-state index in [1.807, 2.05) is 19.1 Å². The number of benzene rings is 1. The predicted octanol–water partition coefficient (Wildman–Crippen LogP) is 3.94. The molecule has 0 radical (unpaired) electrons. The lowest BCUT2D eigenvalue weighted by Gasteiger charge is -2.23. The van der Waals surface area contributed by atoms with E-state index in [-0.39, 0.29) is 22.3 Å². The minimum Gasteiger partial charge on any atom is -0.356 e. The number of aromatic nitrogens is 5. The molecular formula is C20H17Cl2N5O3. The molecule has 1 aliphatic rings. The molecule has 1 unspecified atom stereocenters. The molecule has 1 saturated heterocycles. The summed E-state index contributed by atoms with van der Waals surface area (Å²) < 4.78 is 7.70. The Kier molecular flexibility index (Phi) is 4.65. The quantitative estimate of drug-likeness (QED) is 0.485. The van der Waals surface area contributed by atoms with Crippen molar-refractivity contribution in [3.63, 3.8) is 0 Å². The lowest BCUT2D eigenvalue weighted by atomic mass is 10.00. The Morgan fingerprint density at radius 1 is 1.20 bits per heavy atom. The zero-order chi connectivity index (χ0) is 21.0. The van der Waals surface area contributed by atoms with Gasteiger partial charge in [-0.2, -0.15) is 5.10 Å². The highest BCUT2D eigenvalue weighted by atomic mass is 35.5. The Balaban J connectivity index is 1.80. The van der Waals surface area contributed by atoms with Crippen molar-refractivity contribution in [3.05, 3.63) is 54.8 Å². The SMILES string of the molecule is Cc1ccc2c(c(Cl)nn2C2CCCCO2)c1-c1nc2[nH]c(=O)[nH]c(=O)c2cc1Cl. The lowest BCUT2D eigenvalue weighted by molar-refractivity contribution is -0.0366. The molecule has 154 valence electrons. The molecule has 8 nitrogen and oxygen atoms in total. The minimum absolute atomic E-state index is 0.152.